The van der Waals surface area contributed by atoms with Gasteiger partial charge >= 0.3 is 0 Å². The third-order valence-electron chi connectivity index (χ3n) is 4.82. The van der Waals surface area contributed by atoms with Crippen molar-refractivity contribution in [1.29, 1.82) is 0 Å². The number of methoxy groups -OCH3 is 1. The zero-order valence-corrected chi connectivity index (χ0v) is 21.7. The Bertz CT molecular complexity index is 917. The van der Waals surface area contributed by atoms with Gasteiger partial charge in [0.15, 0.2) is 5.96 Å². The highest BCUT2D eigenvalue weighted by molar-refractivity contribution is 14.0. The van der Waals surface area contributed by atoms with Crippen molar-refractivity contribution < 1.29 is 13.2 Å². The van der Waals surface area contributed by atoms with Crippen molar-refractivity contribution in [2.75, 3.05) is 27.2 Å². The van der Waals surface area contributed by atoms with E-state index < -0.39 is 10.0 Å². The van der Waals surface area contributed by atoms with Gasteiger partial charge in [-0.15, -0.1) is 24.0 Å². The highest BCUT2D eigenvalue weighted by atomic mass is 127. The average molecular weight is 561 g/mol. The molecule has 3 N–H and O–H groups in total. The molecule has 31 heavy (non-hydrogen) atoms. The van der Waals surface area contributed by atoms with Crippen LogP contribution in [0.1, 0.15) is 37.3 Å². The summed E-state index contributed by atoms with van der Waals surface area (Å²) in [5.41, 5.74) is 2.21. The van der Waals surface area contributed by atoms with E-state index in [4.69, 9.17) is 4.74 Å². The zero-order valence-electron chi connectivity index (χ0n) is 18.5. The van der Waals surface area contributed by atoms with Crippen molar-refractivity contribution in [3.8, 4) is 5.75 Å². The van der Waals surface area contributed by atoms with Crippen molar-refractivity contribution in [1.82, 2.24) is 15.4 Å². The van der Waals surface area contributed by atoms with Crippen LogP contribution in [0.2, 0.25) is 0 Å². The molecule has 7 nitrogen and oxygen atoms in total. The number of sulfonamides is 1. The lowest BCUT2D eigenvalue weighted by Gasteiger charge is -2.15. The lowest BCUT2D eigenvalue weighted by molar-refractivity contribution is 0.414. The molecule has 1 unspecified atom stereocenters. The maximum absolute atomic E-state index is 11.8. The molecule has 0 saturated carbocycles. The third kappa shape index (κ3) is 8.66. The molecule has 2 rings (SSSR count). The van der Waals surface area contributed by atoms with Gasteiger partial charge in [0.05, 0.1) is 18.6 Å². The number of halogens is 1. The summed E-state index contributed by atoms with van der Waals surface area (Å²) >= 11 is 0. The standard InChI is InChI=1S/C22H32N4O3S.HI/c1-5-24-22(25-15-14-17(2)19-8-10-20(29-4)11-9-19)26-16-18-6-12-21(13-7-18)30(27,28)23-3;/h6-13,17,23H,5,14-16H2,1-4H3,(H2,24,25,26);1H. The fourth-order valence-electron chi connectivity index (χ4n) is 2.91. The fraction of sp³-hybridized carbons (Fsp3) is 0.409. The topological polar surface area (TPSA) is 91.8 Å². The van der Waals surface area contributed by atoms with Gasteiger partial charge in [-0.05, 0) is 61.7 Å². The normalized spacial score (nSPS) is 12.6. The molecule has 0 radical (unpaired) electrons. The molecule has 0 amide bonds. The molecule has 2 aromatic rings. The van der Waals surface area contributed by atoms with Gasteiger partial charge in [0.2, 0.25) is 10.0 Å². The van der Waals surface area contributed by atoms with Gasteiger partial charge in [0.1, 0.15) is 5.75 Å². The smallest absolute Gasteiger partial charge is 0.240 e. The molecular weight excluding hydrogens is 527 g/mol. The van der Waals surface area contributed by atoms with Crippen LogP contribution in [0, 0.1) is 0 Å². The molecule has 0 fully saturated rings. The molecule has 0 heterocycles. The summed E-state index contributed by atoms with van der Waals surface area (Å²) in [7, 11) is -0.350. The van der Waals surface area contributed by atoms with Crippen LogP contribution in [0.15, 0.2) is 58.4 Å². The Hall–Kier alpha value is -1.85. The van der Waals surface area contributed by atoms with E-state index in [1.165, 1.54) is 12.6 Å². The van der Waals surface area contributed by atoms with Crippen LogP contribution in [0.25, 0.3) is 0 Å². The minimum absolute atomic E-state index is 0. The van der Waals surface area contributed by atoms with Gasteiger partial charge < -0.3 is 15.4 Å². The van der Waals surface area contributed by atoms with Crippen molar-refractivity contribution in [3.05, 3.63) is 59.7 Å². The predicted octanol–water partition coefficient (Wildman–Crippen LogP) is 3.47. The molecule has 0 saturated heterocycles. The van der Waals surface area contributed by atoms with Crippen molar-refractivity contribution in [2.45, 2.75) is 37.6 Å². The third-order valence-corrected chi connectivity index (χ3v) is 6.25. The van der Waals surface area contributed by atoms with Crippen LogP contribution in [-0.4, -0.2) is 41.6 Å². The first kappa shape index (κ1) is 27.2. The number of guanidine groups is 1. The Morgan fingerprint density at radius 2 is 1.71 bits per heavy atom. The van der Waals surface area contributed by atoms with E-state index in [1.807, 2.05) is 19.1 Å². The summed E-state index contributed by atoms with van der Waals surface area (Å²) in [6.45, 7) is 6.24. The van der Waals surface area contributed by atoms with Gasteiger partial charge in [-0.2, -0.15) is 0 Å². The second-order valence-electron chi connectivity index (χ2n) is 6.94. The predicted molar refractivity (Wildman–Crippen MR) is 137 cm³/mol. The van der Waals surface area contributed by atoms with Crippen molar-refractivity contribution in [3.63, 3.8) is 0 Å². The summed E-state index contributed by atoms with van der Waals surface area (Å²) in [6.07, 6.45) is 0.966. The van der Waals surface area contributed by atoms with Crippen LogP contribution in [-0.2, 0) is 16.6 Å². The van der Waals surface area contributed by atoms with Crippen molar-refractivity contribution in [2.24, 2.45) is 4.99 Å². The molecular formula is C22H33IN4O3S. The fourth-order valence-corrected chi connectivity index (χ4v) is 3.64. The highest BCUT2D eigenvalue weighted by Crippen LogP contribution is 2.21. The quantitative estimate of drug-likeness (QED) is 0.235. The van der Waals surface area contributed by atoms with Gasteiger partial charge in [-0.1, -0.05) is 31.2 Å². The highest BCUT2D eigenvalue weighted by Gasteiger charge is 2.10. The summed E-state index contributed by atoms with van der Waals surface area (Å²) in [5, 5.41) is 6.61. The summed E-state index contributed by atoms with van der Waals surface area (Å²) in [6, 6.07) is 14.9. The van der Waals surface area contributed by atoms with Gasteiger partial charge in [0.25, 0.3) is 0 Å². The Kier molecular flexibility index (Phi) is 11.9. The van der Waals surface area contributed by atoms with E-state index in [2.05, 4.69) is 39.4 Å². The summed E-state index contributed by atoms with van der Waals surface area (Å²) in [4.78, 5) is 4.85. The number of benzene rings is 2. The van der Waals surface area contributed by atoms with Crippen LogP contribution < -0.4 is 20.1 Å². The molecule has 0 aliphatic carbocycles. The van der Waals surface area contributed by atoms with Crippen LogP contribution in [0.5, 0.6) is 5.75 Å². The molecule has 2 aromatic carbocycles. The Balaban J connectivity index is 0.00000480. The number of nitrogens with one attached hydrogen (secondary N) is 3. The second kappa shape index (κ2) is 13.5. The largest absolute Gasteiger partial charge is 0.497 e. The molecule has 1 atom stereocenters. The maximum atomic E-state index is 11.8. The van der Waals surface area contributed by atoms with E-state index in [9.17, 15) is 8.42 Å². The molecule has 0 aliphatic heterocycles. The number of hydrogen-bond donors (Lipinski definition) is 3. The number of nitrogens with zero attached hydrogens (tertiary/aromatic N) is 1. The zero-order chi connectivity index (χ0) is 22.0. The molecule has 0 bridgehead atoms. The number of ether oxygens (including phenoxy) is 1. The van der Waals surface area contributed by atoms with Gasteiger partial charge in [0, 0.05) is 13.1 Å². The first-order chi connectivity index (χ1) is 14.4. The van der Waals surface area contributed by atoms with Crippen LogP contribution >= 0.6 is 24.0 Å². The second-order valence-corrected chi connectivity index (χ2v) is 8.82. The number of hydrogen-bond acceptors (Lipinski definition) is 4. The Labute approximate surface area is 203 Å². The van der Waals surface area contributed by atoms with E-state index >= 15 is 0 Å². The average Bonchev–Trinajstić information content (AvgIpc) is 2.77. The lowest BCUT2D eigenvalue weighted by Crippen LogP contribution is -2.38. The van der Waals surface area contributed by atoms with E-state index in [0.717, 1.165) is 36.8 Å². The summed E-state index contributed by atoms with van der Waals surface area (Å²) in [5.74, 6) is 2.02. The Morgan fingerprint density at radius 1 is 1.06 bits per heavy atom. The maximum Gasteiger partial charge on any atom is 0.240 e. The van der Waals surface area contributed by atoms with Crippen LogP contribution in [0.3, 0.4) is 0 Å². The molecule has 0 aliphatic rings. The molecule has 172 valence electrons. The Morgan fingerprint density at radius 3 is 2.26 bits per heavy atom. The van der Waals surface area contributed by atoms with Gasteiger partial charge in [-0.25, -0.2) is 18.1 Å². The minimum atomic E-state index is -3.42. The lowest BCUT2D eigenvalue weighted by atomic mass is 9.98. The molecule has 0 spiro atoms. The number of rotatable bonds is 10. The number of aliphatic imine (C=N–C) groups is 1. The van der Waals surface area contributed by atoms with Gasteiger partial charge in [-0.3, -0.25) is 0 Å². The monoisotopic (exact) mass is 560 g/mol. The SMILES string of the molecule is CCNC(=NCc1ccc(S(=O)(=O)NC)cc1)NCCC(C)c1ccc(OC)cc1.I. The van der Waals surface area contributed by atoms with Crippen LogP contribution in [0.4, 0.5) is 0 Å². The van der Waals surface area contributed by atoms with Crippen molar-refractivity contribution >= 4 is 40.0 Å². The molecule has 9 heteroatoms. The molecule has 0 aromatic heterocycles. The summed E-state index contributed by atoms with van der Waals surface area (Å²) < 4.78 is 31.1. The van der Waals surface area contributed by atoms with E-state index in [0.29, 0.717) is 12.5 Å². The van der Waals surface area contributed by atoms with E-state index in [-0.39, 0.29) is 28.9 Å². The first-order valence-corrected chi connectivity index (χ1v) is 11.6. The minimum Gasteiger partial charge on any atom is -0.497 e. The van der Waals surface area contributed by atoms with E-state index in [1.54, 1.807) is 31.4 Å². The first-order valence-electron chi connectivity index (χ1n) is 10.1.